The summed E-state index contributed by atoms with van der Waals surface area (Å²) in [7, 11) is 0. The van der Waals surface area contributed by atoms with Crippen LogP contribution in [0.4, 0.5) is 0 Å². The summed E-state index contributed by atoms with van der Waals surface area (Å²) in [6.07, 6.45) is 1.96. The zero-order chi connectivity index (χ0) is 9.80. The Morgan fingerprint density at radius 3 is 3.07 bits per heavy atom. The van der Waals surface area contributed by atoms with Gasteiger partial charge in [-0.25, -0.2) is 0 Å². The Balaban J connectivity index is 2.10. The lowest BCUT2D eigenvalue weighted by atomic mass is 10.1. The van der Waals surface area contributed by atoms with Crippen molar-refractivity contribution in [1.82, 2.24) is 10.3 Å². The fraction of sp³-hybridized carbons (Fsp3) is 0.273. The second kappa shape index (κ2) is 4.26. The molecule has 2 aromatic rings. The van der Waals surface area contributed by atoms with Crippen molar-refractivity contribution in [3.8, 4) is 0 Å². The van der Waals surface area contributed by atoms with E-state index in [1.165, 1.54) is 16.5 Å². The van der Waals surface area contributed by atoms with E-state index in [1.807, 2.05) is 6.20 Å². The van der Waals surface area contributed by atoms with Crippen LogP contribution < -0.4 is 11.1 Å². The molecule has 0 aliphatic rings. The van der Waals surface area contributed by atoms with Crippen LogP contribution in [-0.4, -0.2) is 18.1 Å². The van der Waals surface area contributed by atoms with Crippen LogP contribution in [0.15, 0.2) is 30.5 Å². The Kier molecular flexibility index (Phi) is 2.81. The molecule has 0 radical (unpaired) electrons. The van der Waals surface area contributed by atoms with E-state index in [9.17, 15) is 0 Å². The predicted octanol–water partition coefficient (Wildman–Crippen LogP) is 1.22. The molecular formula is C11H15N3. The van der Waals surface area contributed by atoms with Gasteiger partial charge in [0.05, 0.1) is 0 Å². The first kappa shape index (κ1) is 9.24. The molecule has 0 spiro atoms. The lowest BCUT2D eigenvalue weighted by Crippen LogP contribution is -2.21. The van der Waals surface area contributed by atoms with Crippen LogP contribution in [0.3, 0.4) is 0 Å². The summed E-state index contributed by atoms with van der Waals surface area (Å²) < 4.78 is 0. The monoisotopic (exact) mass is 189 g/mol. The van der Waals surface area contributed by atoms with Crippen LogP contribution >= 0.6 is 0 Å². The Hall–Kier alpha value is -1.32. The maximum atomic E-state index is 5.40. The van der Waals surface area contributed by atoms with Crippen LogP contribution in [0.5, 0.6) is 0 Å². The summed E-state index contributed by atoms with van der Waals surface area (Å²) in [5.74, 6) is 0. The molecule has 0 saturated carbocycles. The molecule has 4 N–H and O–H groups in total. The topological polar surface area (TPSA) is 53.8 Å². The first-order valence-electron chi connectivity index (χ1n) is 4.87. The SMILES string of the molecule is NCCNCc1ccc2[nH]ccc2c1. The number of rotatable bonds is 4. The second-order valence-corrected chi connectivity index (χ2v) is 3.36. The molecule has 0 aliphatic heterocycles. The Labute approximate surface area is 83.3 Å². The molecule has 0 saturated heterocycles. The first-order valence-corrected chi connectivity index (χ1v) is 4.87. The zero-order valence-corrected chi connectivity index (χ0v) is 8.09. The van der Waals surface area contributed by atoms with Gasteiger partial charge in [-0.1, -0.05) is 6.07 Å². The zero-order valence-electron chi connectivity index (χ0n) is 8.09. The predicted molar refractivity (Wildman–Crippen MR) is 59.1 cm³/mol. The minimum atomic E-state index is 0.687. The molecule has 1 aromatic carbocycles. The summed E-state index contributed by atoms with van der Waals surface area (Å²) in [5, 5.41) is 4.53. The van der Waals surface area contributed by atoms with Gasteiger partial charge in [0, 0.05) is 31.3 Å². The summed E-state index contributed by atoms with van der Waals surface area (Å²) in [6, 6.07) is 8.51. The molecule has 0 amide bonds. The maximum Gasteiger partial charge on any atom is 0.0454 e. The van der Waals surface area contributed by atoms with Crippen molar-refractivity contribution in [2.24, 2.45) is 5.73 Å². The fourth-order valence-corrected chi connectivity index (χ4v) is 1.55. The molecule has 14 heavy (non-hydrogen) atoms. The summed E-state index contributed by atoms with van der Waals surface area (Å²) in [6.45, 7) is 2.44. The van der Waals surface area contributed by atoms with E-state index in [0.29, 0.717) is 6.54 Å². The Morgan fingerprint density at radius 2 is 2.21 bits per heavy atom. The van der Waals surface area contributed by atoms with E-state index in [4.69, 9.17) is 5.73 Å². The van der Waals surface area contributed by atoms with E-state index < -0.39 is 0 Å². The largest absolute Gasteiger partial charge is 0.361 e. The number of H-pyrrole nitrogens is 1. The first-order chi connectivity index (χ1) is 6.90. The summed E-state index contributed by atoms with van der Waals surface area (Å²) in [4.78, 5) is 3.17. The van der Waals surface area contributed by atoms with E-state index >= 15 is 0 Å². The van der Waals surface area contributed by atoms with Gasteiger partial charge in [0.1, 0.15) is 0 Å². The van der Waals surface area contributed by atoms with Crippen LogP contribution in [0.1, 0.15) is 5.56 Å². The van der Waals surface area contributed by atoms with Gasteiger partial charge < -0.3 is 16.0 Å². The maximum absolute atomic E-state index is 5.40. The van der Waals surface area contributed by atoms with Crippen molar-refractivity contribution in [3.05, 3.63) is 36.0 Å². The molecule has 3 heteroatoms. The molecular weight excluding hydrogens is 174 g/mol. The number of hydrogen-bond acceptors (Lipinski definition) is 2. The van der Waals surface area contributed by atoms with Gasteiger partial charge in [0.25, 0.3) is 0 Å². The molecule has 2 rings (SSSR count). The standard InChI is InChI=1S/C11H15N3/c12-4-6-13-8-9-1-2-11-10(7-9)3-5-14-11/h1-3,5,7,13-14H,4,6,8,12H2. The van der Waals surface area contributed by atoms with Crippen LogP contribution in [0.25, 0.3) is 10.9 Å². The van der Waals surface area contributed by atoms with E-state index in [-0.39, 0.29) is 0 Å². The summed E-state index contributed by atoms with van der Waals surface area (Å²) >= 11 is 0. The average molecular weight is 189 g/mol. The van der Waals surface area contributed by atoms with Gasteiger partial charge in [-0.2, -0.15) is 0 Å². The molecule has 0 atom stereocenters. The molecule has 74 valence electrons. The highest BCUT2D eigenvalue weighted by Gasteiger charge is 1.96. The molecule has 0 aliphatic carbocycles. The van der Waals surface area contributed by atoms with Crippen LogP contribution in [0.2, 0.25) is 0 Å². The normalized spacial score (nSPS) is 10.9. The van der Waals surface area contributed by atoms with E-state index in [1.54, 1.807) is 0 Å². The van der Waals surface area contributed by atoms with Gasteiger partial charge in [0.15, 0.2) is 0 Å². The van der Waals surface area contributed by atoms with E-state index in [2.05, 4.69) is 34.6 Å². The molecule has 1 heterocycles. The smallest absolute Gasteiger partial charge is 0.0454 e. The van der Waals surface area contributed by atoms with Gasteiger partial charge in [0.2, 0.25) is 0 Å². The highest BCUT2D eigenvalue weighted by Crippen LogP contribution is 2.13. The third kappa shape index (κ3) is 1.95. The van der Waals surface area contributed by atoms with Gasteiger partial charge in [-0.05, 0) is 29.1 Å². The molecule has 0 fully saturated rings. The van der Waals surface area contributed by atoms with Crippen LogP contribution in [-0.2, 0) is 6.54 Å². The number of benzene rings is 1. The highest BCUT2D eigenvalue weighted by molar-refractivity contribution is 5.79. The Bertz CT molecular complexity index is 406. The Morgan fingerprint density at radius 1 is 1.29 bits per heavy atom. The van der Waals surface area contributed by atoms with Crippen molar-refractivity contribution in [2.45, 2.75) is 6.54 Å². The number of hydrogen-bond donors (Lipinski definition) is 3. The van der Waals surface area contributed by atoms with Gasteiger partial charge in [-0.3, -0.25) is 0 Å². The molecule has 3 nitrogen and oxygen atoms in total. The van der Waals surface area contributed by atoms with E-state index in [0.717, 1.165) is 13.1 Å². The molecule has 0 unspecified atom stereocenters. The molecule has 1 aromatic heterocycles. The van der Waals surface area contributed by atoms with Gasteiger partial charge >= 0.3 is 0 Å². The number of fused-ring (bicyclic) bond motifs is 1. The minimum absolute atomic E-state index is 0.687. The van der Waals surface area contributed by atoms with Crippen molar-refractivity contribution in [3.63, 3.8) is 0 Å². The highest BCUT2D eigenvalue weighted by atomic mass is 14.9. The van der Waals surface area contributed by atoms with Crippen molar-refractivity contribution in [1.29, 1.82) is 0 Å². The second-order valence-electron chi connectivity index (χ2n) is 3.36. The third-order valence-corrected chi connectivity index (χ3v) is 2.27. The van der Waals surface area contributed by atoms with Crippen molar-refractivity contribution < 1.29 is 0 Å². The number of nitrogens with one attached hydrogen (secondary N) is 2. The fourth-order valence-electron chi connectivity index (χ4n) is 1.55. The van der Waals surface area contributed by atoms with Gasteiger partial charge in [-0.15, -0.1) is 0 Å². The van der Waals surface area contributed by atoms with Crippen LogP contribution in [0, 0.1) is 0 Å². The third-order valence-electron chi connectivity index (χ3n) is 2.27. The number of aromatic nitrogens is 1. The lowest BCUT2D eigenvalue weighted by molar-refractivity contribution is 0.695. The number of nitrogens with two attached hydrogens (primary N) is 1. The summed E-state index contributed by atoms with van der Waals surface area (Å²) in [5.41, 5.74) is 7.88. The van der Waals surface area contributed by atoms with Crippen molar-refractivity contribution in [2.75, 3.05) is 13.1 Å². The lowest BCUT2D eigenvalue weighted by Gasteiger charge is -2.02. The quantitative estimate of drug-likeness (QED) is 0.633. The van der Waals surface area contributed by atoms with Crippen molar-refractivity contribution >= 4 is 10.9 Å². The molecule has 0 bridgehead atoms. The average Bonchev–Trinajstić information content (AvgIpc) is 2.65. The number of aromatic amines is 1. The minimum Gasteiger partial charge on any atom is -0.361 e.